The van der Waals surface area contributed by atoms with Crippen molar-refractivity contribution in [3.8, 4) is 11.8 Å². The molecule has 1 N–H and O–H groups in total. The van der Waals surface area contributed by atoms with Crippen LogP contribution in [0.2, 0.25) is 5.02 Å². The third-order valence-electron chi connectivity index (χ3n) is 4.84. The summed E-state index contributed by atoms with van der Waals surface area (Å²) in [6.45, 7) is 3.80. The number of carbonyl (C=O) groups is 2. The molecule has 0 bridgehead atoms. The molecule has 0 radical (unpaired) electrons. The fraction of sp³-hybridized carbons (Fsp3) is 0.231. The van der Waals surface area contributed by atoms with Crippen molar-refractivity contribution in [1.29, 1.82) is 5.26 Å². The third kappa shape index (κ3) is 6.53. The Kier molecular flexibility index (Phi) is 9.12. The van der Waals surface area contributed by atoms with Crippen LogP contribution in [0, 0.1) is 11.3 Å². The van der Waals surface area contributed by atoms with Crippen LogP contribution in [0.15, 0.2) is 63.7 Å². The average Bonchev–Trinajstić information content (AvgIpc) is 3.13. The van der Waals surface area contributed by atoms with E-state index in [1.165, 1.54) is 0 Å². The summed E-state index contributed by atoms with van der Waals surface area (Å²) in [4.78, 5) is 28.8. The summed E-state index contributed by atoms with van der Waals surface area (Å²) in [6, 6.07) is 14.3. The smallest absolute Gasteiger partial charge is 0.344 e. The molecule has 2 aromatic carbocycles. The number of carbonyl (C=O) groups excluding carboxylic acids is 2. The maximum atomic E-state index is 12.4. The summed E-state index contributed by atoms with van der Waals surface area (Å²) in [5.74, 6) is -1.00. The molecule has 0 saturated heterocycles. The topological polar surface area (TPSA) is 109 Å². The second-order valence-corrected chi connectivity index (χ2v) is 8.80. The summed E-state index contributed by atoms with van der Waals surface area (Å²) in [7, 11) is 0. The van der Waals surface area contributed by atoms with Crippen molar-refractivity contribution in [3.63, 3.8) is 0 Å². The predicted molar refractivity (Wildman–Crippen MR) is 136 cm³/mol. The Bertz CT molecular complexity index is 1280. The molecule has 0 atom stereocenters. The van der Waals surface area contributed by atoms with Gasteiger partial charge in [-0.3, -0.25) is 4.79 Å². The number of ether oxygens (including phenoxy) is 2. The van der Waals surface area contributed by atoms with E-state index in [-0.39, 0.29) is 41.9 Å². The van der Waals surface area contributed by atoms with Gasteiger partial charge in [0, 0.05) is 12.0 Å². The molecular weight excluding hydrogens is 488 g/mol. The SMILES string of the molecule is CCCC(=O)N=C1S/C(=C\c2ccc(OCc3ccccc3C#N)c(Cl)c2)C(O)=C1C(=O)OCC. The lowest BCUT2D eigenvalue weighted by Crippen LogP contribution is -2.14. The van der Waals surface area contributed by atoms with Crippen LogP contribution >= 0.6 is 23.4 Å². The molecule has 0 unspecified atom stereocenters. The number of hydrogen-bond acceptors (Lipinski definition) is 7. The van der Waals surface area contributed by atoms with Crippen LogP contribution in [0.3, 0.4) is 0 Å². The molecule has 1 aliphatic heterocycles. The first-order valence-electron chi connectivity index (χ1n) is 10.9. The number of aliphatic hydroxyl groups excluding tert-OH is 1. The summed E-state index contributed by atoms with van der Waals surface area (Å²) < 4.78 is 10.8. The molecular formula is C26H23ClN2O5S. The lowest BCUT2D eigenvalue weighted by molar-refractivity contribution is -0.138. The minimum Gasteiger partial charge on any atom is -0.506 e. The number of halogens is 1. The maximum absolute atomic E-state index is 12.4. The van der Waals surface area contributed by atoms with E-state index in [9.17, 15) is 20.0 Å². The Morgan fingerprint density at radius 1 is 1.23 bits per heavy atom. The second kappa shape index (κ2) is 12.2. The van der Waals surface area contributed by atoms with Crippen molar-refractivity contribution in [1.82, 2.24) is 0 Å². The standard InChI is InChI=1S/C26H23ClN2O5S/c1-3-7-22(30)29-25-23(26(32)33-4-2)24(31)21(35-25)13-16-10-11-20(19(27)12-16)34-15-18-9-6-5-8-17(18)14-28/h5-6,8-13,31H,3-4,7,15H2,1-2H3/b21-13-,29-25?. The van der Waals surface area contributed by atoms with Gasteiger partial charge in [-0.25, -0.2) is 9.79 Å². The van der Waals surface area contributed by atoms with Crippen LogP contribution in [0.1, 0.15) is 43.4 Å². The van der Waals surface area contributed by atoms with Gasteiger partial charge < -0.3 is 14.6 Å². The summed E-state index contributed by atoms with van der Waals surface area (Å²) in [5, 5.41) is 20.4. The van der Waals surface area contributed by atoms with Crippen LogP contribution < -0.4 is 4.74 Å². The van der Waals surface area contributed by atoms with E-state index in [4.69, 9.17) is 21.1 Å². The van der Waals surface area contributed by atoms with E-state index < -0.39 is 5.97 Å². The number of hydrogen-bond donors (Lipinski definition) is 1. The van der Waals surface area contributed by atoms with E-state index >= 15 is 0 Å². The number of amides is 1. The zero-order valence-corrected chi connectivity index (χ0v) is 20.8. The van der Waals surface area contributed by atoms with E-state index in [1.807, 2.05) is 19.1 Å². The van der Waals surface area contributed by atoms with Gasteiger partial charge in [-0.15, -0.1) is 0 Å². The maximum Gasteiger partial charge on any atom is 0.344 e. The molecule has 3 rings (SSSR count). The van der Waals surface area contributed by atoms with Crippen molar-refractivity contribution < 1.29 is 24.2 Å². The summed E-state index contributed by atoms with van der Waals surface area (Å²) in [5.41, 5.74) is 1.77. The van der Waals surface area contributed by atoms with Crippen molar-refractivity contribution in [2.45, 2.75) is 33.3 Å². The van der Waals surface area contributed by atoms with Crippen LogP contribution in [-0.4, -0.2) is 28.6 Å². The van der Waals surface area contributed by atoms with Crippen molar-refractivity contribution in [2.24, 2.45) is 4.99 Å². The van der Waals surface area contributed by atoms with Crippen LogP contribution in [0.5, 0.6) is 5.75 Å². The zero-order valence-electron chi connectivity index (χ0n) is 19.2. The van der Waals surface area contributed by atoms with Gasteiger partial charge >= 0.3 is 5.97 Å². The lowest BCUT2D eigenvalue weighted by atomic mass is 10.1. The first-order valence-corrected chi connectivity index (χ1v) is 12.1. The highest BCUT2D eigenvalue weighted by Crippen LogP contribution is 2.40. The molecule has 0 spiro atoms. The van der Waals surface area contributed by atoms with Crippen molar-refractivity contribution in [2.75, 3.05) is 6.61 Å². The molecule has 1 aliphatic rings. The molecule has 0 aromatic heterocycles. The zero-order chi connectivity index (χ0) is 25.4. The largest absolute Gasteiger partial charge is 0.506 e. The van der Waals surface area contributed by atoms with E-state index in [1.54, 1.807) is 43.3 Å². The lowest BCUT2D eigenvalue weighted by Gasteiger charge is -2.10. The summed E-state index contributed by atoms with van der Waals surface area (Å²) in [6.07, 6.45) is 2.48. The molecule has 9 heteroatoms. The van der Waals surface area contributed by atoms with Crippen LogP contribution in [0.4, 0.5) is 0 Å². The van der Waals surface area contributed by atoms with E-state index in [2.05, 4.69) is 11.1 Å². The number of thioether (sulfide) groups is 1. The van der Waals surface area contributed by atoms with Gasteiger partial charge in [-0.2, -0.15) is 5.26 Å². The molecule has 0 fully saturated rings. The average molecular weight is 511 g/mol. The molecule has 1 amide bonds. The normalized spacial score (nSPS) is 15.4. The minimum atomic E-state index is -0.747. The molecule has 35 heavy (non-hydrogen) atoms. The van der Waals surface area contributed by atoms with Gasteiger partial charge in [-0.05, 0) is 43.2 Å². The monoisotopic (exact) mass is 510 g/mol. The second-order valence-electron chi connectivity index (χ2n) is 7.36. The van der Waals surface area contributed by atoms with E-state index in [0.717, 1.165) is 17.3 Å². The molecule has 0 aliphatic carbocycles. The minimum absolute atomic E-state index is 0.104. The molecule has 0 saturated carbocycles. The van der Waals surface area contributed by atoms with Gasteiger partial charge in [0.1, 0.15) is 28.7 Å². The number of nitrogens with zero attached hydrogens (tertiary/aromatic N) is 2. The fourth-order valence-corrected chi connectivity index (χ4v) is 4.44. The molecule has 2 aromatic rings. The number of benzene rings is 2. The molecule has 7 nitrogen and oxygen atoms in total. The molecule has 180 valence electrons. The number of rotatable bonds is 8. The number of aliphatic imine (C=N–C) groups is 1. The fourth-order valence-electron chi connectivity index (χ4n) is 3.16. The Labute approximate surface area is 212 Å². The van der Waals surface area contributed by atoms with E-state index in [0.29, 0.717) is 33.2 Å². The summed E-state index contributed by atoms with van der Waals surface area (Å²) >= 11 is 7.41. The quantitative estimate of drug-likeness (QED) is 0.435. The third-order valence-corrected chi connectivity index (χ3v) is 6.15. The van der Waals surface area contributed by atoms with Gasteiger partial charge in [0.15, 0.2) is 0 Å². The van der Waals surface area contributed by atoms with Gasteiger partial charge in [0.05, 0.1) is 28.2 Å². The first kappa shape index (κ1) is 26.1. The Balaban J connectivity index is 1.85. The van der Waals surface area contributed by atoms with Crippen LogP contribution in [0.25, 0.3) is 6.08 Å². The highest BCUT2D eigenvalue weighted by molar-refractivity contribution is 8.18. The highest BCUT2D eigenvalue weighted by atomic mass is 35.5. The van der Waals surface area contributed by atoms with Gasteiger partial charge in [0.2, 0.25) is 5.91 Å². The van der Waals surface area contributed by atoms with Crippen molar-refractivity contribution >= 4 is 46.4 Å². The number of esters is 1. The Morgan fingerprint density at radius 2 is 2.00 bits per heavy atom. The van der Waals surface area contributed by atoms with Crippen molar-refractivity contribution in [3.05, 3.63) is 80.4 Å². The molecule has 1 heterocycles. The first-order chi connectivity index (χ1) is 16.9. The van der Waals surface area contributed by atoms with Gasteiger partial charge in [-0.1, -0.05) is 54.6 Å². The predicted octanol–water partition coefficient (Wildman–Crippen LogP) is 5.98. The Morgan fingerprint density at radius 3 is 2.69 bits per heavy atom. The van der Waals surface area contributed by atoms with Gasteiger partial charge in [0.25, 0.3) is 0 Å². The highest BCUT2D eigenvalue weighted by Gasteiger charge is 2.33. The van der Waals surface area contributed by atoms with Crippen LogP contribution in [-0.2, 0) is 20.9 Å². The number of nitriles is 1. The Hall–Kier alpha value is -3.54. The number of aliphatic hydroxyl groups is 1.